The van der Waals surface area contributed by atoms with E-state index in [4.69, 9.17) is 4.74 Å². The van der Waals surface area contributed by atoms with E-state index in [2.05, 4.69) is 58.6 Å². The molecule has 27 heavy (non-hydrogen) atoms. The Morgan fingerprint density at radius 2 is 1.96 bits per heavy atom. The Bertz CT molecular complexity index is 1010. The lowest BCUT2D eigenvalue weighted by atomic mass is 9.99. The van der Waals surface area contributed by atoms with E-state index in [-0.39, 0.29) is 5.97 Å². The molecule has 1 aliphatic heterocycles. The summed E-state index contributed by atoms with van der Waals surface area (Å²) in [5.41, 5.74) is 8.49. The number of ether oxygens (including phenoxy) is 1. The molecule has 2 aromatic heterocycles. The fraction of sp³-hybridized carbons (Fsp3) is 0.364. The highest BCUT2D eigenvalue weighted by atomic mass is 16.5. The molecular weight excluding hydrogens is 338 g/mol. The number of esters is 1. The summed E-state index contributed by atoms with van der Waals surface area (Å²) in [5, 5.41) is 0. The molecular formula is C22H25N3O2. The lowest BCUT2D eigenvalue weighted by Crippen LogP contribution is -2.30. The molecule has 5 heteroatoms. The predicted molar refractivity (Wildman–Crippen MR) is 107 cm³/mol. The molecule has 0 saturated carbocycles. The molecule has 0 fully saturated rings. The molecule has 5 nitrogen and oxygen atoms in total. The van der Waals surface area contributed by atoms with Gasteiger partial charge >= 0.3 is 5.97 Å². The van der Waals surface area contributed by atoms with Crippen LogP contribution in [0.25, 0.3) is 11.0 Å². The van der Waals surface area contributed by atoms with Crippen LogP contribution in [0, 0.1) is 13.8 Å². The SMILES string of the molecule is COC(=O)CCn1c(C)c(C)c2nccc(N3CCc4ccccc4C3)c21. The van der Waals surface area contributed by atoms with E-state index in [1.165, 1.54) is 29.5 Å². The van der Waals surface area contributed by atoms with Crippen LogP contribution in [0.4, 0.5) is 5.69 Å². The maximum atomic E-state index is 11.7. The molecule has 0 N–H and O–H groups in total. The van der Waals surface area contributed by atoms with Gasteiger partial charge in [0.2, 0.25) is 0 Å². The lowest BCUT2D eigenvalue weighted by molar-refractivity contribution is -0.140. The zero-order valence-corrected chi connectivity index (χ0v) is 16.2. The van der Waals surface area contributed by atoms with Crippen molar-refractivity contribution in [2.24, 2.45) is 0 Å². The zero-order chi connectivity index (χ0) is 19.0. The first-order valence-corrected chi connectivity index (χ1v) is 9.43. The largest absolute Gasteiger partial charge is 0.469 e. The summed E-state index contributed by atoms with van der Waals surface area (Å²) in [4.78, 5) is 18.8. The third-order valence-corrected chi connectivity index (χ3v) is 5.71. The number of methoxy groups -OCH3 is 1. The zero-order valence-electron chi connectivity index (χ0n) is 16.2. The van der Waals surface area contributed by atoms with Crippen LogP contribution in [0.2, 0.25) is 0 Å². The minimum Gasteiger partial charge on any atom is -0.469 e. The van der Waals surface area contributed by atoms with Gasteiger partial charge < -0.3 is 14.2 Å². The molecule has 0 saturated heterocycles. The predicted octanol–water partition coefficient (Wildman–Crippen LogP) is 3.78. The van der Waals surface area contributed by atoms with E-state index in [0.29, 0.717) is 13.0 Å². The molecule has 0 radical (unpaired) electrons. The Labute approximate surface area is 159 Å². The molecule has 0 amide bonds. The third kappa shape index (κ3) is 3.07. The molecule has 0 unspecified atom stereocenters. The smallest absolute Gasteiger partial charge is 0.307 e. The third-order valence-electron chi connectivity index (χ3n) is 5.71. The number of aromatic nitrogens is 2. The maximum Gasteiger partial charge on any atom is 0.307 e. The van der Waals surface area contributed by atoms with Crippen LogP contribution in [0.3, 0.4) is 0 Å². The summed E-state index contributed by atoms with van der Waals surface area (Å²) >= 11 is 0. The molecule has 1 aliphatic rings. The van der Waals surface area contributed by atoms with E-state index >= 15 is 0 Å². The molecule has 3 aromatic rings. The van der Waals surface area contributed by atoms with Gasteiger partial charge in [-0.15, -0.1) is 0 Å². The minimum atomic E-state index is -0.189. The van der Waals surface area contributed by atoms with Crippen molar-refractivity contribution in [1.29, 1.82) is 0 Å². The number of carbonyl (C=O) groups is 1. The first-order chi connectivity index (χ1) is 13.1. The number of hydrogen-bond donors (Lipinski definition) is 0. The summed E-state index contributed by atoms with van der Waals surface area (Å²) in [6.07, 6.45) is 3.30. The standard InChI is InChI=1S/C22H25N3O2/c1-15-16(2)25(13-10-20(26)27-3)22-19(8-11-23-21(15)22)24-12-9-17-6-4-5-7-18(17)14-24/h4-8,11H,9-10,12-14H2,1-3H3. The molecule has 4 rings (SSSR count). The topological polar surface area (TPSA) is 47.4 Å². The van der Waals surface area contributed by atoms with Gasteiger partial charge in [-0.05, 0) is 43.0 Å². The number of hydrogen-bond acceptors (Lipinski definition) is 4. The number of anilines is 1. The van der Waals surface area contributed by atoms with Crippen LogP contribution in [0.5, 0.6) is 0 Å². The molecule has 140 valence electrons. The maximum absolute atomic E-state index is 11.7. The van der Waals surface area contributed by atoms with Crippen LogP contribution in [0.15, 0.2) is 36.5 Å². The van der Waals surface area contributed by atoms with Crippen molar-refractivity contribution in [3.05, 3.63) is 58.9 Å². The van der Waals surface area contributed by atoms with Crippen molar-refractivity contribution in [3.63, 3.8) is 0 Å². The average molecular weight is 363 g/mol. The van der Waals surface area contributed by atoms with Gasteiger partial charge in [-0.25, -0.2) is 0 Å². The van der Waals surface area contributed by atoms with Crippen molar-refractivity contribution < 1.29 is 9.53 Å². The quantitative estimate of drug-likeness (QED) is 0.662. The van der Waals surface area contributed by atoms with E-state index < -0.39 is 0 Å². The average Bonchev–Trinajstić information content (AvgIpc) is 2.96. The van der Waals surface area contributed by atoms with Crippen LogP contribution in [0.1, 0.15) is 28.8 Å². The Kier molecular flexibility index (Phi) is 4.60. The second kappa shape index (κ2) is 7.06. The summed E-state index contributed by atoms with van der Waals surface area (Å²) in [6.45, 7) is 6.69. The lowest BCUT2D eigenvalue weighted by Gasteiger charge is -2.31. The molecule has 1 aromatic carbocycles. The Morgan fingerprint density at radius 1 is 1.19 bits per heavy atom. The highest BCUT2D eigenvalue weighted by molar-refractivity contribution is 5.92. The van der Waals surface area contributed by atoms with Crippen molar-refractivity contribution >= 4 is 22.7 Å². The molecule has 0 atom stereocenters. The highest BCUT2D eigenvalue weighted by Gasteiger charge is 2.22. The second-order valence-corrected chi connectivity index (χ2v) is 7.16. The molecule has 3 heterocycles. The van der Waals surface area contributed by atoms with E-state index in [9.17, 15) is 4.79 Å². The van der Waals surface area contributed by atoms with E-state index in [1.54, 1.807) is 0 Å². The first-order valence-electron chi connectivity index (χ1n) is 9.43. The number of fused-ring (bicyclic) bond motifs is 2. The number of carbonyl (C=O) groups excluding carboxylic acids is 1. The summed E-state index contributed by atoms with van der Waals surface area (Å²) in [6, 6.07) is 10.8. The molecule has 0 aliphatic carbocycles. The number of aryl methyl sites for hydroxylation is 2. The fourth-order valence-electron chi connectivity index (χ4n) is 4.07. The van der Waals surface area contributed by atoms with Crippen molar-refractivity contribution in [3.8, 4) is 0 Å². The van der Waals surface area contributed by atoms with Gasteiger partial charge in [-0.2, -0.15) is 0 Å². The summed E-state index contributed by atoms with van der Waals surface area (Å²) < 4.78 is 7.06. The van der Waals surface area contributed by atoms with Gasteiger partial charge in [0.1, 0.15) is 0 Å². The van der Waals surface area contributed by atoms with Gasteiger partial charge in [-0.1, -0.05) is 24.3 Å². The van der Waals surface area contributed by atoms with E-state index in [0.717, 1.165) is 36.2 Å². The second-order valence-electron chi connectivity index (χ2n) is 7.16. The van der Waals surface area contributed by atoms with Gasteiger partial charge in [0.15, 0.2) is 0 Å². The van der Waals surface area contributed by atoms with Gasteiger partial charge in [0.05, 0.1) is 30.3 Å². The van der Waals surface area contributed by atoms with Gasteiger partial charge in [0, 0.05) is 31.5 Å². The summed E-state index contributed by atoms with van der Waals surface area (Å²) in [7, 11) is 1.44. The fourth-order valence-corrected chi connectivity index (χ4v) is 4.07. The monoisotopic (exact) mass is 363 g/mol. The van der Waals surface area contributed by atoms with E-state index in [1.807, 2.05) is 6.20 Å². The number of pyridine rings is 1. The number of rotatable bonds is 4. The number of nitrogens with zero attached hydrogens (tertiary/aromatic N) is 3. The Balaban J connectivity index is 1.77. The van der Waals surface area contributed by atoms with Crippen molar-refractivity contribution in [1.82, 2.24) is 9.55 Å². The van der Waals surface area contributed by atoms with Crippen molar-refractivity contribution in [2.45, 2.75) is 39.8 Å². The van der Waals surface area contributed by atoms with Crippen LogP contribution in [-0.2, 0) is 29.0 Å². The van der Waals surface area contributed by atoms with Crippen molar-refractivity contribution in [2.75, 3.05) is 18.6 Å². The van der Waals surface area contributed by atoms with Gasteiger partial charge in [0.25, 0.3) is 0 Å². The Hall–Kier alpha value is -2.82. The highest BCUT2D eigenvalue weighted by Crippen LogP contribution is 2.34. The number of benzene rings is 1. The Morgan fingerprint density at radius 3 is 2.74 bits per heavy atom. The molecule has 0 bridgehead atoms. The summed E-state index contributed by atoms with van der Waals surface area (Å²) in [5.74, 6) is -0.189. The first kappa shape index (κ1) is 17.6. The van der Waals surface area contributed by atoms with Crippen LogP contribution < -0.4 is 4.90 Å². The van der Waals surface area contributed by atoms with Gasteiger partial charge in [-0.3, -0.25) is 9.78 Å². The molecule has 0 spiro atoms. The van der Waals surface area contributed by atoms with Crippen LogP contribution >= 0.6 is 0 Å². The normalized spacial score (nSPS) is 13.7. The minimum absolute atomic E-state index is 0.189. The van der Waals surface area contributed by atoms with Crippen LogP contribution in [-0.4, -0.2) is 29.2 Å².